The summed E-state index contributed by atoms with van der Waals surface area (Å²) in [5.41, 5.74) is 0.446. The Morgan fingerprint density at radius 1 is 1.39 bits per heavy atom. The van der Waals surface area contributed by atoms with Gasteiger partial charge in [0.05, 0.1) is 5.69 Å². The van der Waals surface area contributed by atoms with Crippen molar-refractivity contribution in [2.24, 2.45) is 0 Å². The Morgan fingerprint density at radius 3 is 2.78 bits per heavy atom. The number of carbonyl (C=O) groups excluding carboxylic acids is 1. The lowest BCUT2D eigenvalue weighted by Gasteiger charge is -2.17. The molecule has 3 nitrogen and oxygen atoms in total. The van der Waals surface area contributed by atoms with Gasteiger partial charge in [-0.15, -0.1) is 0 Å². The van der Waals surface area contributed by atoms with E-state index in [-0.39, 0.29) is 11.7 Å². The zero-order valence-electron chi connectivity index (χ0n) is 11.1. The van der Waals surface area contributed by atoms with Gasteiger partial charge in [-0.25, -0.2) is 4.39 Å². The largest absolute Gasteiger partial charge is 0.382 e. The van der Waals surface area contributed by atoms with Gasteiger partial charge in [0.1, 0.15) is 5.82 Å². The van der Waals surface area contributed by atoms with Gasteiger partial charge in [-0.2, -0.15) is 0 Å². The lowest BCUT2D eigenvalue weighted by molar-refractivity contribution is -0.129. The fraction of sp³-hybridized carbons (Fsp3) is 0.500. The van der Waals surface area contributed by atoms with E-state index in [1.807, 2.05) is 0 Å². The summed E-state index contributed by atoms with van der Waals surface area (Å²) in [5, 5.41) is 2.93. The maximum absolute atomic E-state index is 13.3. The number of carbonyl (C=O) groups is 1. The maximum atomic E-state index is 13.3. The van der Waals surface area contributed by atoms with E-state index < -0.39 is 0 Å². The number of rotatable bonds is 7. The van der Waals surface area contributed by atoms with Crippen molar-refractivity contribution >= 4 is 11.6 Å². The third kappa shape index (κ3) is 4.73. The van der Waals surface area contributed by atoms with E-state index in [2.05, 4.69) is 12.2 Å². The number of unbranched alkanes of at least 4 members (excludes halogenated alkanes) is 1. The van der Waals surface area contributed by atoms with Gasteiger partial charge >= 0.3 is 0 Å². The molecule has 0 saturated heterocycles. The van der Waals surface area contributed by atoms with Crippen LogP contribution in [-0.4, -0.2) is 30.9 Å². The molecule has 0 fully saturated rings. The molecule has 0 aliphatic carbocycles. The van der Waals surface area contributed by atoms with E-state index in [1.165, 1.54) is 6.07 Å². The smallest absolute Gasteiger partial charge is 0.224 e. The van der Waals surface area contributed by atoms with E-state index in [1.54, 1.807) is 30.1 Å². The highest BCUT2D eigenvalue weighted by Crippen LogP contribution is 2.12. The van der Waals surface area contributed by atoms with Crippen LogP contribution >= 0.6 is 0 Å². The summed E-state index contributed by atoms with van der Waals surface area (Å²) in [5.74, 6) is -0.198. The Kier molecular flexibility index (Phi) is 6.19. The van der Waals surface area contributed by atoms with Gasteiger partial charge in [-0.3, -0.25) is 4.79 Å². The molecule has 18 heavy (non-hydrogen) atoms. The summed E-state index contributed by atoms with van der Waals surface area (Å²) in [6, 6.07) is 6.48. The lowest BCUT2D eigenvalue weighted by atomic mass is 10.2. The van der Waals surface area contributed by atoms with Gasteiger partial charge in [-0.05, 0) is 18.6 Å². The molecule has 4 heteroatoms. The van der Waals surface area contributed by atoms with Gasteiger partial charge in [0.15, 0.2) is 0 Å². The van der Waals surface area contributed by atoms with E-state index in [0.29, 0.717) is 18.7 Å². The molecule has 100 valence electrons. The maximum Gasteiger partial charge on any atom is 0.224 e. The predicted octanol–water partition coefficient (Wildman–Crippen LogP) is 2.89. The molecule has 0 aliphatic rings. The average molecular weight is 252 g/mol. The number of para-hydroxylation sites is 1. The van der Waals surface area contributed by atoms with Crippen LogP contribution in [0.5, 0.6) is 0 Å². The Bertz CT molecular complexity index is 382. The minimum Gasteiger partial charge on any atom is -0.382 e. The zero-order valence-corrected chi connectivity index (χ0v) is 11.1. The summed E-state index contributed by atoms with van der Waals surface area (Å²) in [7, 11) is 1.81. The van der Waals surface area contributed by atoms with Crippen LogP contribution in [0.1, 0.15) is 26.2 Å². The molecule has 0 unspecified atom stereocenters. The van der Waals surface area contributed by atoms with Crippen molar-refractivity contribution < 1.29 is 9.18 Å². The number of benzene rings is 1. The van der Waals surface area contributed by atoms with Crippen molar-refractivity contribution in [1.29, 1.82) is 0 Å². The van der Waals surface area contributed by atoms with E-state index in [9.17, 15) is 9.18 Å². The first-order valence-corrected chi connectivity index (χ1v) is 6.37. The Labute approximate surface area is 108 Å². The van der Waals surface area contributed by atoms with Crippen molar-refractivity contribution in [1.82, 2.24) is 4.90 Å². The second-order valence-electron chi connectivity index (χ2n) is 4.33. The van der Waals surface area contributed by atoms with Gasteiger partial charge in [-0.1, -0.05) is 25.5 Å². The van der Waals surface area contributed by atoms with E-state index in [4.69, 9.17) is 0 Å². The fourth-order valence-corrected chi connectivity index (χ4v) is 1.62. The highest BCUT2D eigenvalue weighted by atomic mass is 19.1. The zero-order chi connectivity index (χ0) is 13.4. The molecule has 1 N–H and O–H groups in total. The summed E-state index contributed by atoms with van der Waals surface area (Å²) in [6.45, 7) is 3.34. The molecule has 1 amide bonds. The average Bonchev–Trinajstić information content (AvgIpc) is 2.38. The normalized spacial score (nSPS) is 10.2. The third-order valence-corrected chi connectivity index (χ3v) is 2.80. The summed E-state index contributed by atoms with van der Waals surface area (Å²) in [4.78, 5) is 13.4. The summed E-state index contributed by atoms with van der Waals surface area (Å²) >= 11 is 0. The molecule has 1 rings (SSSR count). The molecule has 0 radical (unpaired) electrons. The van der Waals surface area contributed by atoms with Crippen LogP contribution in [0.3, 0.4) is 0 Å². The molecular formula is C14H21FN2O. The van der Waals surface area contributed by atoms with Gasteiger partial charge in [0.25, 0.3) is 0 Å². The van der Waals surface area contributed by atoms with Gasteiger partial charge in [0.2, 0.25) is 5.91 Å². The first-order chi connectivity index (χ1) is 8.65. The number of halogens is 1. The van der Waals surface area contributed by atoms with Crippen LogP contribution in [0.2, 0.25) is 0 Å². The second-order valence-corrected chi connectivity index (χ2v) is 4.33. The first-order valence-electron chi connectivity index (χ1n) is 6.37. The minimum absolute atomic E-state index is 0.0901. The molecule has 0 heterocycles. The number of amides is 1. The summed E-state index contributed by atoms with van der Waals surface area (Å²) in [6.07, 6.45) is 2.47. The van der Waals surface area contributed by atoms with Gasteiger partial charge in [0, 0.05) is 26.6 Å². The first kappa shape index (κ1) is 14.5. The fourth-order valence-electron chi connectivity index (χ4n) is 1.62. The highest BCUT2D eigenvalue weighted by molar-refractivity contribution is 5.76. The van der Waals surface area contributed by atoms with Crippen LogP contribution in [-0.2, 0) is 4.79 Å². The number of hydrogen-bond donors (Lipinski definition) is 1. The monoisotopic (exact) mass is 252 g/mol. The molecule has 0 spiro atoms. The van der Waals surface area contributed by atoms with Crippen molar-refractivity contribution in [3.05, 3.63) is 30.1 Å². The predicted molar refractivity (Wildman–Crippen MR) is 72.1 cm³/mol. The molecule has 0 bridgehead atoms. The van der Waals surface area contributed by atoms with Crippen molar-refractivity contribution in [3.63, 3.8) is 0 Å². The number of nitrogens with zero attached hydrogens (tertiary/aromatic N) is 1. The Morgan fingerprint density at radius 2 is 2.11 bits per heavy atom. The quantitative estimate of drug-likeness (QED) is 0.809. The number of hydrogen-bond acceptors (Lipinski definition) is 2. The van der Waals surface area contributed by atoms with Gasteiger partial charge < -0.3 is 10.2 Å². The van der Waals surface area contributed by atoms with E-state index >= 15 is 0 Å². The van der Waals surface area contributed by atoms with Crippen LogP contribution in [0.15, 0.2) is 24.3 Å². The van der Waals surface area contributed by atoms with Crippen LogP contribution in [0, 0.1) is 5.82 Å². The summed E-state index contributed by atoms with van der Waals surface area (Å²) < 4.78 is 13.3. The SMILES string of the molecule is CCCCN(C)C(=O)CCNc1ccccc1F. The minimum atomic E-state index is -0.288. The molecule has 0 aliphatic heterocycles. The topological polar surface area (TPSA) is 32.3 Å². The standard InChI is InChI=1S/C14H21FN2O/c1-3-4-11-17(2)14(18)9-10-16-13-8-6-5-7-12(13)15/h5-8,16H,3-4,9-11H2,1-2H3. The molecule has 1 aromatic rings. The van der Waals surface area contributed by atoms with Crippen molar-refractivity contribution in [2.75, 3.05) is 25.5 Å². The molecule has 0 atom stereocenters. The Hall–Kier alpha value is -1.58. The van der Waals surface area contributed by atoms with Crippen LogP contribution in [0.4, 0.5) is 10.1 Å². The van der Waals surface area contributed by atoms with Crippen molar-refractivity contribution in [2.45, 2.75) is 26.2 Å². The van der Waals surface area contributed by atoms with Crippen LogP contribution < -0.4 is 5.32 Å². The molecular weight excluding hydrogens is 231 g/mol. The number of nitrogens with one attached hydrogen (secondary N) is 1. The molecule has 1 aromatic carbocycles. The molecule has 0 saturated carbocycles. The van der Waals surface area contributed by atoms with Crippen molar-refractivity contribution in [3.8, 4) is 0 Å². The second kappa shape index (κ2) is 7.69. The van der Waals surface area contributed by atoms with Crippen LogP contribution in [0.25, 0.3) is 0 Å². The Balaban J connectivity index is 2.29. The number of anilines is 1. The lowest BCUT2D eigenvalue weighted by Crippen LogP contribution is -2.29. The highest BCUT2D eigenvalue weighted by Gasteiger charge is 2.07. The third-order valence-electron chi connectivity index (χ3n) is 2.80. The molecule has 0 aromatic heterocycles. The van der Waals surface area contributed by atoms with E-state index in [0.717, 1.165) is 19.4 Å².